The van der Waals surface area contributed by atoms with Gasteiger partial charge < -0.3 is 14.7 Å². The van der Waals surface area contributed by atoms with E-state index < -0.39 is 52.1 Å². The fraction of sp³-hybridized carbons (Fsp3) is 0.500. The van der Waals surface area contributed by atoms with Crippen LogP contribution in [0.3, 0.4) is 0 Å². The third kappa shape index (κ3) is 2.87. The van der Waals surface area contributed by atoms with Crippen molar-refractivity contribution >= 4 is 23.3 Å². The van der Waals surface area contributed by atoms with Gasteiger partial charge in [0.2, 0.25) is 5.91 Å². The van der Waals surface area contributed by atoms with Crippen molar-refractivity contribution in [3.05, 3.63) is 39.9 Å². The van der Waals surface area contributed by atoms with Crippen molar-refractivity contribution < 1.29 is 29.2 Å². The van der Waals surface area contributed by atoms with Crippen LogP contribution in [0, 0.1) is 21.4 Å². The predicted octanol–water partition coefficient (Wildman–Crippen LogP) is 0.823. The molecule has 0 aliphatic carbocycles. The first-order valence-corrected chi connectivity index (χ1v) is 8.52. The first-order valence-electron chi connectivity index (χ1n) is 8.52. The molecule has 1 N–H and O–H groups in total. The van der Waals surface area contributed by atoms with Crippen LogP contribution in [0.25, 0.3) is 0 Å². The van der Waals surface area contributed by atoms with Gasteiger partial charge in [-0.05, 0) is 24.6 Å². The molecule has 0 aromatic heterocycles. The molecule has 1 aromatic rings. The molecule has 2 saturated heterocycles. The summed E-state index contributed by atoms with van der Waals surface area (Å²) in [5.41, 5.74) is -0.532. The summed E-state index contributed by atoms with van der Waals surface area (Å²) >= 11 is 0. The first-order chi connectivity index (χ1) is 12.6. The van der Waals surface area contributed by atoms with Crippen LogP contribution in [0.5, 0.6) is 0 Å². The Morgan fingerprint density at radius 3 is 2.44 bits per heavy atom. The molecule has 2 fully saturated rings. The lowest BCUT2D eigenvalue weighted by molar-refractivity contribution is -0.384. The minimum atomic E-state index is -1.33. The minimum Gasteiger partial charge on any atom is -0.459 e. The molecule has 0 spiro atoms. The van der Waals surface area contributed by atoms with Gasteiger partial charge in [-0.3, -0.25) is 19.7 Å². The maximum absolute atomic E-state index is 12.7. The van der Waals surface area contributed by atoms with Gasteiger partial charge in [0.1, 0.15) is 6.61 Å². The lowest BCUT2D eigenvalue weighted by Gasteiger charge is -2.48. The number of hydrogen-bond acceptors (Lipinski definition) is 7. The highest BCUT2D eigenvalue weighted by Crippen LogP contribution is 2.49. The number of non-ortho nitro benzene ring substituents is 1. The number of aliphatic hydroxyl groups excluding tert-OH is 1. The molecule has 1 aromatic carbocycles. The van der Waals surface area contributed by atoms with Gasteiger partial charge in [-0.15, -0.1) is 0 Å². The maximum atomic E-state index is 12.7. The van der Waals surface area contributed by atoms with Gasteiger partial charge >= 0.3 is 5.97 Å². The molecule has 2 heterocycles. The molecule has 27 heavy (non-hydrogen) atoms. The number of rotatable bonds is 5. The average molecular weight is 376 g/mol. The molecule has 2 aliphatic heterocycles. The standard InChI is InChI=1S/C18H20N2O7/c1-9(21)12-14-18(2,3)15(22)13(19(14)16(12)23)17(24)27-8-10-4-6-11(7-5-10)20(25)26/h4-7,9,12-14,21H,8H2,1-3H3. The van der Waals surface area contributed by atoms with Crippen molar-refractivity contribution in [3.63, 3.8) is 0 Å². The second-order valence-corrected chi connectivity index (χ2v) is 7.48. The highest BCUT2D eigenvalue weighted by atomic mass is 16.6. The molecule has 1 amide bonds. The van der Waals surface area contributed by atoms with E-state index in [2.05, 4.69) is 0 Å². The largest absolute Gasteiger partial charge is 0.459 e. The molecule has 9 heteroatoms. The third-order valence-electron chi connectivity index (χ3n) is 5.35. The smallest absolute Gasteiger partial charge is 0.337 e. The summed E-state index contributed by atoms with van der Waals surface area (Å²) in [5.74, 6) is -2.41. The quantitative estimate of drug-likeness (QED) is 0.265. The molecule has 3 rings (SSSR count). The number of carbonyl (C=O) groups excluding carboxylic acids is 3. The topological polar surface area (TPSA) is 127 Å². The monoisotopic (exact) mass is 376 g/mol. The number of fused-ring (bicyclic) bond motifs is 1. The second-order valence-electron chi connectivity index (χ2n) is 7.48. The number of nitrogens with zero attached hydrogens (tertiary/aromatic N) is 2. The van der Waals surface area contributed by atoms with Crippen LogP contribution in [0.2, 0.25) is 0 Å². The predicted molar refractivity (Wildman–Crippen MR) is 91.3 cm³/mol. The van der Waals surface area contributed by atoms with E-state index in [-0.39, 0.29) is 12.3 Å². The number of carbonyl (C=O) groups is 3. The van der Waals surface area contributed by atoms with E-state index >= 15 is 0 Å². The van der Waals surface area contributed by atoms with E-state index in [1.165, 1.54) is 36.1 Å². The van der Waals surface area contributed by atoms with Crippen molar-refractivity contribution in [1.29, 1.82) is 0 Å². The number of benzene rings is 1. The van der Waals surface area contributed by atoms with Crippen molar-refractivity contribution in [2.24, 2.45) is 11.3 Å². The number of amides is 1. The van der Waals surface area contributed by atoms with Crippen molar-refractivity contribution in [2.45, 2.75) is 45.6 Å². The van der Waals surface area contributed by atoms with Crippen LogP contribution in [-0.4, -0.2) is 50.8 Å². The van der Waals surface area contributed by atoms with Gasteiger partial charge in [-0.2, -0.15) is 0 Å². The SMILES string of the molecule is CC(O)C1C(=O)N2C(C(=O)OCc3ccc([N+](=O)[O-])cc3)C(=O)C(C)(C)C12. The van der Waals surface area contributed by atoms with Crippen molar-refractivity contribution in [2.75, 3.05) is 0 Å². The van der Waals surface area contributed by atoms with Gasteiger partial charge in [0.15, 0.2) is 11.8 Å². The zero-order chi connectivity index (χ0) is 20.1. The van der Waals surface area contributed by atoms with Crippen LogP contribution in [0.1, 0.15) is 26.3 Å². The van der Waals surface area contributed by atoms with E-state index in [0.717, 1.165) is 0 Å². The number of ether oxygens (including phenoxy) is 1. The summed E-state index contributed by atoms with van der Waals surface area (Å²) in [6, 6.07) is 3.60. The molecular weight excluding hydrogens is 356 g/mol. The molecule has 4 unspecified atom stereocenters. The van der Waals surface area contributed by atoms with Crippen LogP contribution >= 0.6 is 0 Å². The summed E-state index contributed by atoms with van der Waals surface area (Å²) in [5, 5.41) is 20.5. The Morgan fingerprint density at radius 2 is 1.93 bits per heavy atom. The summed E-state index contributed by atoms with van der Waals surface area (Å²) in [6.45, 7) is 4.62. The van der Waals surface area contributed by atoms with E-state index in [4.69, 9.17) is 4.74 Å². The zero-order valence-corrected chi connectivity index (χ0v) is 15.1. The second kappa shape index (κ2) is 6.41. The number of nitro groups is 1. The highest BCUT2D eigenvalue weighted by Gasteiger charge is 2.69. The third-order valence-corrected chi connectivity index (χ3v) is 5.35. The Bertz CT molecular complexity index is 816. The fourth-order valence-electron chi connectivity index (χ4n) is 3.88. The van der Waals surface area contributed by atoms with Gasteiger partial charge in [-0.25, -0.2) is 4.79 Å². The number of β-lactam (4-membered cyclic amide) rings is 1. The van der Waals surface area contributed by atoms with Gasteiger partial charge in [0.25, 0.3) is 5.69 Å². The molecule has 2 aliphatic rings. The normalized spacial score (nSPS) is 27.0. The molecule has 0 bridgehead atoms. The average Bonchev–Trinajstić information content (AvgIpc) is 2.77. The Balaban J connectivity index is 1.72. The molecule has 0 radical (unpaired) electrons. The lowest BCUT2D eigenvalue weighted by atomic mass is 9.71. The first kappa shape index (κ1) is 19.0. The number of aliphatic hydroxyl groups is 1. The highest BCUT2D eigenvalue weighted by molar-refractivity contribution is 6.13. The summed E-state index contributed by atoms with van der Waals surface area (Å²) < 4.78 is 5.19. The van der Waals surface area contributed by atoms with Crippen LogP contribution in [0.15, 0.2) is 24.3 Å². The Kier molecular flexibility index (Phi) is 4.51. The number of nitro benzene ring substituents is 1. The summed E-state index contributed by atoms with van der Waals surface area (Å²) in [4.78, 5) is 48.9. The van der Waals surface area contributed by atoms with Crippen molar-refractivity contribution in [3.8, 4) is 0 Å². The zero-order valence-electron chi connectivity index (χ0n) is 15.1. The van der Waals surface area contributed by atoms with Gasteiger partial charge in [-0.1, -0.05) is 13.8 Å². The number of ketones is 1. The lowest BCUT2D eigenvalue weighted by Crippen LogP contribution is -2.67. The molecular formula is C18H20N2O7. The Labute approximate surface area is 155 Å². The van der Waals surface area contributed by atoms with E-state index in [1.807, 2.05) is 0 Å². The maximum Gasteiger partial charge on any atom is 0.337 e. The number of hydrogen-bond donors (Lipinski definition) is 1. The van der Waals surface area contributed by atoms with Crippen LogP contribution < -0.4 is 0 Å². The fourth-order valence-corrected chi connectivity index (χ4v) is 3.88. The number of Topliss-reactive ketones (excluding diaryl/α,β-unsaturated/α-hetero) is 1. The number of esters is 1. The molecule has 4 atom stereocenters. The minimum absolute atomic E-state index is 0.0871. The van der Waals surface area contributed by atoms with Gasteiger partial charge in [0, 0.05) is 17.5 Å². The Hall–Kier alpha value is -2.81. The van der Waals surface area contributed by atoms with E-state index in [9.17, 15) is 29.6 Å². The molecule has 144 valence electrons. The molecule has 9 nitrogen and oxygen atoms in total. The van der Waals surface area contributed by atoms with Crippen LogP contribution in [0.4, 0.5) is 5.69 Å². The van der Waals surface area contributed by atoms with Crippen molar-refractivity contribution in [1.82, 2.24) is 4.90 Å². The van der Waals surface area contributed by atoms with E-state index in [1.54, 1.807) is 13.8 Å². The molecule has 0 saturated carbocycles. The van der Waals surface area contributed by atoms with Crippen LogP contribution in [-0.2, 0) is 25.7 Å². The van der Waals surface area contributed by atoms with Gasteiger partial charge in [0.05, 0.1) is 23.0 Å². The van der Waals surface area contributed by atoms with E-state index in [0.29, 0.717) is 5.56 Å². The Morgan fingerprint density at radius 1 is 1.33 bits per heavy atom. The summed E-state index contributed by atoms with van der Waals surface area (Å²) in [6.07, 6.45) is -0.916. The summed E-state index contributed by atoms with van der Waals surface area (Å²) in [7, 11) is 0.